The molecule has 2 unspecified atom stereocenters. The fraction of sp³-hybridized carbons (Fsp3) is 0.964. The molecule has 0 aliphatic carbocycles. The van der Waals surface area contributed by atoms with E-state index < -0.39 is 6.29 Å². The van der Waals surface area contributed by atoms with Crippen LogP contribution in [0.3, 0.4) is 0 Å². The first-order chi connectivity index (χ1) is 16.4. The van der Waals surface area contributed by atoms with Crippen LogP contribution >= 0.6 is 0 Å². The molecule has 0 bridgehead atoms. The fourth-order valence-corrected chi connectivity index (χ4v) is 5.70. The molecule has 2 saturated heterocycles. The number of ether oxygens (including phenoxy) is 1. The first-order valence-corrected chi connectivity index (χ1v) is 14.5. The molecule has 2 fully saturated rings. The van der Waals surface area contributed by atoms with Crippen molar-refractivity contribution in [1.82, 2.24) is 10.6 Å². The van der Waals surface area contributed by atoms with Crippen molar-refractivity contribution in [3.63, 3.8) is 0 Å². The van der Waals surface area contributed by atoms with Gasteiger partial charge in [0.2, 0.25) is 0 Å². The standard InChI is InChI=1S/C28H54N2O4/c1-22-14-13-17-24(29-22)15-9-6-4-8-12-19-28(33)34-26-21-20-25(30-23(26)2)16-10-5-3-7-11-18-27(31)32/h22-27,29-32H,3-21H2,1-2H3/t22-,23?,24?,25+,26-/m0/s1. The topological polar surface area (TPSA) is 90.8 Å². The van der Waals surface area contributed by atoms with Gasteiger partial charge < -0.3 is 25.6 Å². The molecule has 0 amide bonds. The predicted octanol–water partition coefficient (Wildman–Crippen LogP) is 5.34. The zero-order valence-electron chi connectivity index (χ0n) is 22.1. The number of carbonyl (C=O) groups is 1. The van der Waals surface area contributed by atoms with Gasteiger partial charge in [-0.25, -0.2) is 0 Å². The molecule has 0 radical (unpaired) electrons. The van der Waals surface area contributed by atoms with E-state index in [4.69, 9.17) is 14.9 Å². The molecule has 34 heavy (non-hydrogen) atoms. The number of nitrogens with one attached hydrogen (secondary N) is 2. The van der Waals surface area contributed by atoms with Crippen molar-refractivity contribution >= 4 is 5.97 Å². The van der Waals surface area contributed by atoms with Crippen molar-refractivity contribution in [2.45, 2.75) is 172 Å². The molecule has 200 valence electrons. The van der Waals surface area contributed by atoms with Crippen molar-refractivity contribution < 1.29 is 19.7 Å². The third kappa shape index (κ3) is 13.4. The van der Waals surface area contributed by atoms with Crippen LogP contribution < -0.4 is 10.6 Å². The summed E-state index contributed by atoms with van der Waals surface area (Å²) in [6.45, 7) is 4.44. The molecule has 2 aliphatic rings. The first kappa shape index (κ1) is 29.5. The highest BCUT2D eigenvalue weighted by Gasteiger charge is 2.29. The monoisotopic (exact) mass is 482 g/mol. The van der Waals surface area contributed by atoms with Crippen LogP contribution in [-0.2, 0) is 9.53 Å². The summed E-state index contributed by atoms with van der Waals surface area (Å²) in [5, 5.41) is 25.1. The van der Waals surface area contributed by atoms with Gasteiger partial charge in [0.05, 0.1) is 0 Å². The van der Waals surface area contributed by atoms with E-state index in [0.717, 1.165) is 51.0 Å². The number of aliphatic hydroxyl groups is 2. The number of carbonyl (C=O) groups excluding carboxylic acids is 1. The normalized spacial score (nSPS) is 27.7. The molecule has 0 saturated carbocycles. The average Bonchev–Trinajstić information content (AvgIpc) is 2.79. The Morgan fingerprint density at radius 2 is 1.41 bits per heavy atom. The third-order valence-electron chi connectivity index (χ3n) is 7.80. The molecule has 0 aromatic rings. The minimum Gasteiger partial charge on any atom is -0.461 e. The lowest BCUT2D eigenvalue weighted by atomic mass is 9.93. The van der Waals surface area contributed by atoms with Gasteiger partial charge in [0.1, 0.15) is 6.10 Å². The summed E-state index contributed by atoms with van der Waals surface area (Å²) < 4.78 is 5.81. The molecule has 6 nitrogen and oxygen atoms in total. The van der Waals surface area contributed by atoms with Gasteiger partial charge in [-0.05, 0) is 71.6 Å². The van der Waals surface area contributed by atoms with Gasteiger partial charge in [-0.15, -0.1) is 0 Å². The van der Waals surface area contributed by atoms with Gasteiger partial charge in [0, 0.05) is 30.6 Å². The van der Waals surface area contributed by atoms with E-state index in [1.54, 1.807) is 0 Å². The van der Waals surface area contributed by atoms with Crippen molar-refractivity contribution in [2.75, 3.05) is 0 Å². The van der Waals surface area contributed by atoms with E-state index in [9.17, 15) is 4.79 Å². The van der Waals surface area contributed by atoms with E-state index in [2.05, 4.69) is 24.5 Å². The zero-order valence-corrected chi connectivity index (χ0v) is 22.1. The average molecular weight is 483 g/mol. The second kappa shape index (κ2) is 17.7. The number of unbranched alkanes of at least 4 members (excludes halogenated alkanes) is 8. The Bertz CT molecular complexity index is 531. The van der Waals surface area contributed by atoms with Crippen LogP contribution in [0.1, 0.15) is 136 Å². The predicted molar refractivity (Wildman–Crippen MR) is 139 cm³/mol. The second-order valence-corrected chi connectivity index (χ2v) is 11.1. The van der Waals surface area contributed by atoms with Crippen LogP contribution in [0.25, 0.3) is 0 Å². The van der Waals surface area contributed by atoms with Gasteiger partial charge in [0.15, 0.2) is 6.29 Å². The lowest BCUT2D eigenvalue weighted by Crippen LogP contribution is -2.50. The molecule has 2 heterocycles. The van der Waals surface area contributed by atoms with Crippen molar-refractivity contribution in [2.24, 2.45) is 0 Å². The Labute approximate surface area is 209 Å². The van der Waals surface area contributed by atoms with Gasteiger partial charge in [-0.2, -0.15) is 0 Å². The molecule has 0 spiro atoms. The number of hydrogen-bond donors (Lipinski definition) is 4. The fourth-order valence-electron chi connectivity index (χ4n) is 5.70. The Balaban J connectivity index is 1.42. The van der Waals surface area contributed by atoms with Crippen LogP contribution in [0, 0.1) is 0 Å². The summed E-state index contributed by atoms with van der Waals surface area (Å²) in [5.74, 6) is -0.0227. The minimum absolute atomic E-state index is 0.0130. The molecule has 0 aromatic carbocycles. The first-order valence-electron chi connectivity index (χ1n) is 14.5. The van der Waals surface area contributed by atoms with Gasteiger partial charge in [-0.3, -0.25) is 4.79 Å². The summed E-state index contributed by atoms with van der Waals surface area (Å²) >= 11 is 0. The van der Waals surface area contributed by atoms with Gasteiger partial charge in [-0.1, -0.05) is 57.8 Å². The van der Waals surface area contributed by atoms with Gasteiger partial charge >= 0.3 is 5.97 Å². The third-order valence-corrected chi connectivity index (χ3v) is 7.80. The van der Waals surface area contributed by atoms with E-state index >= 15 is 0 Å². The summed E-state index contributed by atoms with van der Waals surface area (Å²) in [6, 6.07) is 2.16. The highest BCUT2D eigenvalue weighted by atomic mass is 16.5. The SMILES string of the molecule is CC1N[C@H](CCCCCCCC(O)O)CC[C@@H]1OC(=O)CCCCCCCC1CCC[C@H](C)N1. The molecular formula is C28H54N2O4. The number of esters is 1. The Hall–Kier alpha value is -0.690. The summed E-state index contributed by atoms with van der Waals surface area (Å²) in [7, 11) is 0. The van der Waals surface area contributed by atoms with E-state index in [-0.39, 0.29) is 18.1 Å². The van der Waals surface area contributed by atoms with Crippen molar-refractivity contribution in [3.8, 4) is 0 Å². The maximum atomic E-state index is 12.3. The number of hydrogen-bond acceptors (Lipinski definition) is 6. The number of rotatable bonds is 17. The van der Waals surface area contributed by atoms with Gasteiger partial charge in [0.25, 0.3) is 0 Å². The van der Waals surface area contributed by atoms with Crippen LogP contribution in [0.2, 0.25) is 0 Å². The summed E-state index contributed by atoms with van der Waals surface area (Å²) in [5.41, 5.74) is 0. The lowest BCUT2D eigenvalue weighted by Gasteiger charge is -2.35. The van der Waals surface area contributed by atoms with E-state index in [0.29, 0.717) is 24.9 Å². The number of aliphatic hydroxyl groups excluding tert-OH is 1. The molecule has 2 aliphatic heterocycles. The maximum absolute atomic E-state index is 12.3. The molecule has 0 aromatic heterocycles. The molecule has 2 rings (SSSR count). The van der Waals surface area contributed by atoms with E-state index in [1.165, 1.54) is 64.2 Å². The van der Waals surface area contributed by atoms with Crippen molar-refractivity contribution in [3.05, 3.63) is 0 Å². The second-order valence-electron chi connectivity index (χ2n) is 11.1. The van der Waals surface area contributed by atoms with Crippen LogP contribution in [0.5, 0.6) is 0 Å². The quantitative estimate of drug-likeness (QED) is 0.127. The summed E-state index contributed by atoms with van der Waals surface area (Å²) in [4.78, 5) is 12.3. The maximum Gasteiger partial charge on any atom is 0.306 e. The molecule has 5 atom stereocenters. The Morgan fingerprint density at radius 3 is 2.06 bits per heavy atom. The Kier molecular flexibility index (Phi) is 15.4. The minimum atomic E-state index is -1.15. The smallest absolute Gasteiger partial charge is 0.306 e. The summed E-state index contributed by atoms with van der Waals surface area (Å²) in [6.07, 6.45) is 19.8. The van der Waals surface area contributed by atoms with Crippen LogP contribution in [0.15, 0.2) is 0 Å². The lowest BCUT2D eigenvalue weighted by molar-refractivity contribution is -0.152. The van der Waals surface area contributed by atoms with Crippen LogP contribution in [-0.4, -0.2) is 52.7 Å². The highest BCUT2D eigenvalue weighted by Crippen LogP contribution is 2.22. The largest absolute Gasteiger partial charge is 0.461 e. The van der Waals surface area contributed by atoms with E-state index in [1.807, 2.05) is 0 Å². The molecular weight excluding hydrogens is 428 g/mol. The molecule has 6 heteroatoms. The zero-order chi connectivity index (χ0) is 24.6. The number of piperidine rings is 2. The highest BCUT2D eigenvalue weighted by molar-refractivity contribution is 5.69. The van der Waals surface area contributed by atoms with Crippen molar-refractivity contribution in [1.29, 1.82) is 0 Å². The molecule has 4 N–H and O–H groups in total. The van der Waals surface area contributed by atoms with Crippen LogP contribution in [0.4, 0.5) is 0 Å². The Morgan fingerprint density at radius 1 is 0.794 bits per heavy atom.